The number of benzene rings is 1. The number of ether oxygens (including phenoxy) is 1. The number of likely N-dealkylation sites (N-methyl/N-ethyl adjacent to an activating group) is 1. The molecular formula is C14H19N5O2. The maximum Gasteiger partial charge on any atom is 0.266 e. The summed E-state index contributed by atoms with van der Waals surface area (Å²) in [6, 6.07) is 5.42. The summed E-state index contributed by atoms with van der Waals surface area (Å²) in [7, 11) is 3.69. The first-order chi connectivity index (χ1) is 10.2. The van der Waals surface area contributed by atoms with Crippen molar-refractivity contribution in [2.75, 3.05) is 51.0 Å². The molecule has 2 N–H and O–H groups in total. The highest BCUT2D eigenvalue weighted by molar-refractivity contribution is 5.65. The van der Waals surface area contributed by atoms with Crippen LogP contribution >= 0.6 is 0 Å². The van der Waals surface area contributed by atoms with Crippen molar-refractivity contribution in [1.29, 1.82) is 0 Å². The third-order valence-electron chi connectivity index (χ3n) is 3.68. The first kappa shape index (κ1) is 13.7. The van der Waals surface area contributed by atoms with Crippen molar-refractivity contribution in [1.82, 2.24) is 15.0 Å². The minimum absolute atomic E-state index is 0.474. The molecule has 1 fully saturated rings. The highest BCUT2D eigenvalue weighted by atomic mass is 16.5. The Bertz CT molecular complexity index is 620. The van der Waals surface area contributed by atoms with E-state index in [4.69, 9.17) is 15.0 Å². The minimum atomic E-state index is 0.474. The maximum absolute atomic E-state index is 5.81. The minimum Gasteiger partial charge on any atom is -0.495 e. The van der Waals surface area contributed by atoms with Crippen LogP contribution in [0.25, 0.3) is 11.5 Å². The number of nitrogen functional groups attached to an aromatic ring is 1. The van der Waals surface area contributed by atoms with Gasteiger partial charge in [-0.2, -0.15) is 4.98 Å². The second-order valence-electron chi connectivity index (χ2n) is 5.15. The summed E-state index contributed by atoms with van der Waals surface area (Å²) >= 11 is 0. The predicted octanol–water partition coefficient (Wildman–Crippen LogP) is 1.08. The molecule has 0 saturated carbocycles. The van der Waals surface area contributed by atoms with E-state index < -0.39 is 0 Å². The average Bonchev–Trinajstić information content (AvgIpc) is 2.98. The van der Waals surface area contributed by atoms with Gasteiger partial charge in [0.25, 0.3) is 11.8 Å². The van der Waals surface area contributed by atoms with Crippen LogP contribution in [0.2, 0.25) is 0 Å². The molecule has 0 aliphatic carbocycles. The molecule has 2 heterocycles. The lowest BCUT2D eigenvalue weighted by Gasteiger charge is -2.31. The van der Waals surface area contributed by atoms with E-state index in [0.717, 1.165) is 31.7 Å². The van der Waals surface area contributed by atoms with Crippen molar-refractivity contribution in [2.45, 2.75) is 0 Å². The van der Waals surface area contributed by atoms with Crippen LogP contribution in [-0.4, -0.2) is 55.4 Å². The molecule has 3 rings (SSSR count). The summed E-state index contributed by atoms with van der Waals surface area (Å²) in [5.41, 5.74) is 7.19. The molecule has 1 aliphatic heterocycles. The van der Waals surface area contributed by atoms with Crippen molar-refractivity contribution in [3.8, 4) is 17.2 Å². The summed E-state index contributed by atoms with van der Waals surface area (Å²) in [5, 5.41) is 4.07. The largest absolute Gasteiger partial charge is 0.495 e. The van der Waals surface area contributed by atoms with Gasteiger partial charge in [0.2, 0.25) is 0 Å². The Morgan fingerprint density at radius 1 is 1.24 bits per heavy atom. The molecule has 0 radical (unpaired) electrons. The van der Waals surface area contributed by atoms with E-state index in [-0.39, 0.29) is 0 Å². The van der Waals surface area contributed by atoms with Gasteiger partial charge < -0.3 is 24.8 Å². The van der Waals surface area contributed by atoms with Gasteiger partial charge in [0, 0.05) is 31.7 Å². The highest BCUT2D eigenvalue weighted by Gasteiger charge is 2.19. The molecule has 112 valence electrons. The fourth-order valence-electron chi connectivity index (χ4n) is 2.31. The molecule has 7 nitrogen and oxygen atoms in total. The lowest BCUT2D eigenvalue weighted by Crippen LogP contribution is -2.44. The standard InChI is InChI=1S/C14H19N5O2/c1-18-5-7-19(8-6-18)14-16-13(21-17-14)10-3-4-11(15)12(9-10)20-2/h3-4,9H,5-8,15H2,1-2H3. The number of nitrogens with two attached hydrogens (primary N) is 1. The van der Waals surface area contributed by atoms with E-state index in [9.17, 15) is 0 Å². The lowest BCUT2D eigenvalue weighted by atomic mass is 10.2. The van der Waals surface area contributed by atoms with Crippen molar-refractivity contribution < 1.29 is 9.26 Å². The smallest absolute Gasteiger partial charge is 0.266 e. The number of anilines is 2. The van der Waals surface area contributed by atoms with Crippen molar-refractivity contribution in [3.05, 3.63) is 18.2 Å². The van der Waals surface area contributed by atoms with Crippen LogP contribution in [0.5, 0.6) is 5.75 Å². The summed E-state index contributed by atoms with van der Waals surface area (Å²) in [6.07, 6.45) is 0. The molecule has 1 aliphatic rings. The average molecular weight is 289 g/mol. The van der Waals surface area contributed by atoms with Crippen LogP contribution in [0.1, 0.15) is 0 Å². The molecule has 2 aromatic rings. The van der Waals surface area contributed by atoms with Crippen LogP contribution in [-0.2, 0) is 0 Å². The second-order valence-corrected chi connectivity index (χ2v) is 5.15. The van der Waals surface area contributed by atoms with E-state index >= 15 is 0 Å². The van der Waals surface area contributed by atoms with Gasteiger partial charge in [-0.25, -0.2) is 0 Å². The fraction of sp³-hybridized carbons (Fsp3) is 0.429. The van der Waals surface area contributed by atoms with Gasteiger partial charge >= 0.3 is 0 Å². The Balaban J connectivity index is 1.81. The quantitative estimate of drug-likeness (QED) is 0.847. The number of piperazine rings is 1. The van der Waals surface area contributed by atoms with Crippen LogP contribution in [0.4, 0.5) is 11.6 Å². The summed E-state index contributed by atoms with van der Waals surface area (Å²) in [5.74, 6) is 1.71. The Hall–Kier alpha value is -2.28. The highest BCUT2D eigenvalue weighted by Crippen LogP contribution is 2.28. The molecule has 1 saturated heterocycles. The van der Waals surface area contributed by atoms with Gasteiger partial charge in [-0.3, -0.25) is 0 Å². The Morgan fingerprint density at radius 3 is 2.71 bits per heavy atom. The zero-order chi connectivity index (χ0) is 14.8. The summed E-state index contributed by atoms with van der Waals surface area (Å²) < 4.78 is 10.6. The SMILES string of the molecule is COc1cc(-c2nc(N3CCN(C)CC3)no2)ccc1N. The van der Waals surface area contributed by atoms with Crippen LogP contribution in [0.3, 0.4) is 0 Å². The second kappa shape index (κ2) is 5.61. The van der Waals surface area contributed by atoms with Crippen molar-refractivity contribution >= 4 is 11.6 Å². The number of methoxy groups -OCH3 is 1. The number of rotatable bonds is 3. The van der Waals surface area contributed by atoms with E-state index in [1.807, 2.05) is 6.07 Å². The molecule has 0 amide bonds. The first-order valence-electron chi connectivity index (χ1n) is 6.88. The molecule has 1 aromatic heterocycles. The fourth-order valence-corrected chi connectivity index (χ4v) is 2.31. The summed E-state index contributed by atoms with van der Waals surface area (Å²) in [4.78, 5) is 8.87. The van der Waals surface area contributed by atoms with E-state index in [1.165, 1.54) is 0 Å². The van der Waals surface area contributed by atoms with Gasteiger partial charge in [-0.05, 0) is 30.4 Å². The predicted molar refractivity (Wildman–Crippen MR) is 80.4 cm³/mol. The van der Waals surface area contributed by atoms with Crippen molar-refractivity contribution in [3.63, 3.8) is 0 Å². The van der Waals surface area contributed by atoms with Gasteiger partial charge in [-0.15, -0.1) is 0 Å². The van der Waals surface area contributed by atoms with Crippen LogP contribution in [0, 0.1) is 0 Å². The molecular weight excluding hydrogens is 270 g/mol. The van der Waals surface area contributed by atoms with E-state index in [0.29, 0.717) is 23.3 Å². The Morgan fingerprint density at radius 2 is 2.00 bits per heavy atom. The molecule has 21 heavy (non-hydrogen) atoms. The molecule has 0 atom stereocenters. The molecule has 0 bridgehead atoms. The van der Waals surface area contributed by atoms with Gasteiger partial charge in [0.1, 0.15) is 5.75 Å². The number of nitrogens with zero attached hydrogens (tertiary/aromatic N) is 4. The Kier molecular flexibility index (Phi) is 3.66. The third-order valence-corrected chi connectivity index (χ3v) is 3.68. The summed E-state index contributed by atoms with van der Waals surface area (Å²) in [6.45, 7) is 3.81. The number of hydrogen-bond donors (Lipinski definition) is 1. The van der Waals surface area contributed by atoms with Gasteiger partial charge in [-0.1, -0.05) is 0 Å². The Labute approximate surface area is 123 Å². The molecule has 7 heteroatoms. The van der Waals surface area contributed by atoms with Crippen LogP contribution < -0.4 is 15.4 Å². The molecule has 0 spiro atoms. The first-order valence-corrected chi connectivity index (χ1v) is 6.88. The van der Waals surface area contributed by atoms with Crippen molar-refractivity contribution in [2.24, 2.45) is 0 Å². The third kappa shape index (κ3) is 2.78. The molecule has 0 unspecified atom stereocenters. The number of aromatic nitrogens is 2. The van der Waals surface area contributed by atoms with Crippen LogP contribution in [0.15, 0.2) is 22.7 Å². The van der Waals surface area contributed by atoms with E-state index in [1.54, 1.807) is 19.2 Å². The zero-order valence-electron chi connectivity index (χ0n) is 12.2. The van der Waals surface area contributed by atoms with E-state index in [2.05, 4.69) is 27.0 Å². The molecule has 1 aromatic carbocycles. The normalized spacial score (nSPS) is 16.2. The lowest BCUT2D eigenvalue weighted by molar-refractivity contribution is 0.309. The monoisotopic (exact) mass is 289 g/mol. The van der Waals surface area contributed by atoms with Gasteiger partial charge in [0.05, 0.1) is 12.8 Å². The zero-order valence-corrected chi connectivity index (χ0v) is 12.2. The maximum atomic E-state index is 5.81. The number of hydrogen-bond acceptors (Lipinski definition) is 7. The van der Waals surface area contributed by atoms with Gasteiger partial charge in [0.15, 0.2) is 0 Å². The topological polar surface area (TPSA) is 80.7 Å².